The van der Waals surface area contributed by atoms with Gasteiger partial charge in [0.15, 0.2) is 5.76 Å². The third-order valence-electron chi connectivity index (χ3n) is 4.17. The molecule has 1 aromatic carbocycles. The Balaban J connectivity index is 2.27. The Kier molecular flexibility index (Phi) is 6.16. The third kappa shape index (κ3) is 4.50. The van der Waals surface area contributed by atoms with Gasteiger partial charge in [-0.2, -0.15) is 0 Å². The lowest BCUT2D eigenvalue weighted by Gasteiger charge is -2.27. The normalized spacial score (nSPS) is 11.7. The average molecular weight is 358 g/mol. The van der Waals surface area contributed by atoms with E-state index in [1.54, 1.807) is 38.1 Å². The minimum atomic E-state index is -1.07. The standard InChI is InChI=1S/C19H22N2O5/c1-4-13(3)21(11-17(22)23)19(25)14-8-7-12(2)15(10-14)20-18(24)16-6-5-9-26-16/h5-10,13H,4,11H2,1-3H3,(H,20,24)(H,22,23). The SMILES string of the molecule is CCC(C)N(CC(=O)O)C(=O)c1ccc(C)c(NC(=O)c2ccco2)c1. The number of anilines is 1. The highest BCUT2D eigenvalue weighted by atomic mass is 16.4. The second-order valence-electron chi connectivity index (χ2n) is 6.05. The summed E-state index contributed by atoms with van der Waals surface area (Å²) in [4.78, 5) is 37.4. The molecule has 1 unspecified atom stereocenters. The highest BCUT2D eigenvalue weighted by Gasteiger charge is 2.23. The lowest BCUT2D eigenvalue weighted by Crippen LogP contribution is -2.41. The van der Waals surface area contributed by atoms with Crippen molar-refractivity contribution in [2.75, 3.05) is 11.9 Å². The van der Waals surface area contributed by atoms with Crippen molar-refractivity contribution in [1.29, 1.82) is 0 Å². The summed E-state index contributed by atoms with van der Waals surface area (Å²) >= 11 is 0. The van der Waals surface area contributed by atoms with Crippen molar-refractivity contribution >= 4 is 23.5 Å². The monoisotopic (exact) mass is 358 g/mol. The van der Waals surface area contributed by atoms with Crippen LogP contribution in [0.2, 0.25) is 0 Å². The Labute approximate surface area is 151 Å². The first-order valence-corrected chi connectivity index (χ1v) is 8.31. The number of nitrogens with one attached hydrogen (secondary N) is 1. The summed E-state index contributed by atoms with van der Waals surface area (Å²) in [6.07, 6.45) is 2.03. The van der Waals surface area contributed by atoms with E-state index < -0.39 is 17.8 Å². The maximum absolute atomic E-state index is 12.8. The number of aryl methyl sites for hydroxylation is 1. The Morgan fingerprint density at radius 3 is 2.58 bits per heavy atom. The Bertz CT molecular complexity index is 798. The van der Waals surface area contributed by atoms with E-state index in [-0.39, 0.29) is 18.3 Å². The van der Waals surface area contributed by atoms with Gasteiger partial charge in [-0.3, -0.25) is 14.4 Å². The number of rotatable bonds is 7. The molecule has 0 fully saturated rings. The molecule has 7 heteroatoms. The molecule has 2 amide bonds. The Morgan fingerprint density at radius 1 is 1.27 bits per heavy atom. The summed E-state index contributed by atoms with van der Waals surface area (Å²) in [5.41, 5.74) is 1.55. The molecule has 0 saturated carbocycles. The van der Waals surface area contributed by atoms with Crippen molar-refractivity contribution in [2.24, 2.45) is 0 Å². The molecule has 0 bridgehead atoms. The predicted octanol–water partition coefficient (Wildman–Crippen LogP) is 3.17. The molecule has 1 heterocycles. The smallest absolute Gasteiger partial charge is 0.323 e. The third-order valence-corrected chi connectivity index (χ3v) is 4.17. The summed E-state index contributed by atoms with van der Waals surface area (Å²) in [6.45, 7) is 5.11. The summed E-state index contributed by atoms with van der Waals surface area (Å²) in [5, 5.41) is 11.8. The van der Waals surface area contributed by atoms with Crippen LogP contribution in [-0.2, 0) is 4.79 Å². The first-order valence-electron chi connectivity index (χ1n) is 8.31. The number of carboxylic acids is 1. The van der Waals surface area contributed by atoms with Crippen LogP contribution < -0.4 is 5.32 Å². The molecular weight excluding hydrogens is 336 g/mol. The molecule has 2 rings (SSSR count). The average Bonchev–Trinajstić information content (AvgIpc) is 3.15. The van der Waals surface area contributed by atoms with Gasteiger partial charge in [-0.1, -0.05) is 13.0 Å². The molecule has 0 spiro atoms. The fourth-order valence-corrected chi connectivity index (χ4v) is 2.44. The van der Waals surface area contributed by atoms with Gasteiger partial charge in [0.1, 0.15) is 6.54 Å². The number of aliphatic carboxylic acids is 1. The molecule has 1 atom stereocenters. The molecule has 0 aliphatic carbocycles. The molecule has 0 aliphatic heterocycles. The number of furan rings is 1. The summed E-state index contributed by atoms with van der Waals surface area (Å²) in [5.74, 6) is -1.73. The molecular formula is C19H22N2O5. The minimum Gasteiger partial charge on any atom is -0.480 e. The number of carbonyl (C=O) groups is 3. The second-order valence-corrected chi connectivity index (χ2v) is 6.05. The van der Waals surface area contributed by atoms with E-state index in [1.165, 1.54) is 17.2 Å². The van der Waals surface area contributed by atoms with Gasteiger partial charge >= 0.3 is 5.97 Å². The van der Waals surface area contributed by atoms with Crippen LogP contribution in [0.1, 0.15) is 46.7 Å². The van der Waals surface area contributed by atoms with Gasteiger partial charge in [-0.25, -0.2) is 0 Å². The lowest BCUT2D eigenvalue weighted by atomic mass is 10.1. The minimum absolute atomic E-state index is 0.160. The van der Waals surface area contributed by atoms with Crippen molar-refractivity contribution in [3.63, 3.8) is 0 Å². The number of amides is 2. The van der Waals surface area contributed by atoms with E-state index in [9.17, 15) is 14.4 Å². The fraction of sp³-hybridized carbons (Fsp3) is 0.316. The first-order chi connectivity index (χ1) is 12.3. The van der Waals surface area contributed by atoms with Gasteiger partial charge in [-0.05, 0) is 50.1 Å². The Hall–Kier alpha value is -3.09. The van der Waals surface area contributed by atoms with Crippen molar-refractivity contribution in [1.82, 2.24) is 4.90 Å². The fourth-order valence-electron chi connectivity index (χ4n) is 2.44. The number of carboxylic acid groups (broad SMARTS) is 1. The van der Waals surface area contributed by atoms with E-state index in [4.69, 9.17) is 9.52 Å². The van der Waals surface area contributed by atoms with E-state index in [0.29, 0.717) is 17.7 Å². The van der Waals surface area contributed by atoms with Crippen LogP contribution in [0, 0.1) is 6.92 Å². The zero-order valence-electron chi connectivity index (χ0n) is 15.0. The second kappa shape index (κ2) is 8.33. The van der Waals surface area contributed by atoms with Gasteiger partial charge < -0.3 is 19.7 Å². The number of benzene rings is 1. The zero-order chi connectivity index (χ0) is 19.3. The van der Waals surface area contributed by atoms with Gasteiger partial charge in [0, 0.05) is 17.3 Å². The van der Waals surface area contributed by atoms with Crippen LogP contribution in [0.15, 0.2) is 41.0 Å². The number of nitrogens with zero attached hydrogens (tertiary/aromatic N) is 1. The highest BCUT2D eigenvalue weighted by molar-refractivity contribution is 6.04. The summed E-state index contributed by atoms with van der Waals surface area (Å²) < 4.78 is 5.06. The van der Waals surface area contributed by atoms with Crippen LogP contribution in [0.4, 0.5) is 5.69 Å². The lowest BCUT2D eigenvalue weighted by molar-refractivity contribution is -0.138. The predicted molar refractivity (Wildman–Crippen MR) is 96.3 cm³/mol. The van der Waals surface area contributed by atoms with E-state index >= 15 is 0 Å². The quantitative estimate of drug-likeness (QED) is 0.792. The van der Waals surface area contributed by atoms with Gasteiger partial charge in [-0.15, -0.1) is 0 Å². The van der Waals surface area contributed by atoms with Gasteiger partial charge in [0.05, 0.1) is 6.26 Å². The molecule has 0 radical (unpaired) electrons. The van der Waals surface area contributed by atoms with E-state index in [1.807, 2.05) is 6.92 Å². The van der Waals surface area contributed by atoms with Gasteiger partial charge in [0.25, 0.3) is 11.8 Å². The summed E-state index contributed by atoms with van der Waals surface area (Å²) in [7, 11) is 0. The molecule has 0 aliphatic rings. The molecule has 1 aromatic heterocycles. The number of carbonyl (C=O) groups excluding carboxylic acids is 2. The molecule has 138 valence electrons. The first kappa shape index (κ1) is 19.2. The maximum Gasteiger partial charge on any atom is 0.323 e. The number of hydrogen-bond donors (Lipinski definition) is 2. The maximum atomic E-state index is 12.8. The highest BCUT2D eigenvalue weighted by Crippen LogP contribution is 2.20. The molecule has 0 saturated heterocycles. The largest absolute Gasteiger partial charge is 0.480 e. The zero-order valence-corrected chi connectivity index (χ0v) is 15.0. The topological polar surface area (TPSA) is 99.9 Å². The van der Waals surface area contributed by atoms with Gasteiger partial charge in [0.2, 0.25) is 0 Å². The Morgan fingerprint density at radius 2 is 2.00 bits per heavy atom. The summed E-state index contributed by atoms with van der Waals surface area (Å²) in [6, 6.07) is 7.81. The van der Waals surface area contributed by atoms with Crippen LogP contribution in [0.3, 0.4) is 0 Å². The van der Waals surface area contributed by atoms with Crippen LogP contribution >= 0.6 is 0 Å². The number of hydrogen-bond acceptors (Lipinski definition) is 4. The van der Waals surface area contributed by atoms with Crippen LogP contribution in [0.25, 0.3) is 0 Å². The molecule has 2 N–H and O–H groups in total. The van der Waals surface area contributed by atoms with Crippen LogP contribution in [0.5, 0.6) is 0 Å². The molecule has 7 nitrogen and oxygen atoms in total. The van der Waals surface area contributed by atoms with Crippen molar-refractivity contribution in [2.45, 2.75) is 33.2 Å². The van der Waals surface area contributed by atoms with E-state index in [2.05, 4.69) is 5.32 Å². The van der Waals surface area contributed by atoms with Crippen molar-refractivity contribution < 1.29 is 23.9 Å². The van der Waals surface area contributed by atoms with Crippen molar-refractivity contribution in [3.8, 4) is 0 Å². The molecule has 26 heavy (non-hydrogen) atoms. The van der Waals surface area contributed by atoms with Crippen LogP contribution in [-0.4, -0.2) is 40.4 Å². The van der Waals surface area contributed by atoms with E-state index in [0.717, 1.165) is 5.56 Å². The van der Waals surface area contributed by atoms with Crippen molar-refractivity contribution in [3.05, 3.63) is 53.5 Å². The molecule has 2 aromatic rings.